The van der Waals surface area contributed by atoms with E-state index in [1.165, 1.54) is 25.7 Å². The average molecular weight is 264 g/mol. The van der Waals surface area contributed by atoms with Crippen LogP contribution in [-0.2, 0) is 0 Å². The van der Waals surface area contributed by atoms with Crippen LogP contribution >= 0.6 is 35.0 Å². The van der Waals surface area contributed by atoms with Crippen molar-refractivity contribution in [1.82, 2.24) is 15.0 Å². The van der Waals surface area contributed by atoms with Gasteiger partial charge in [-0.1, -0.05) is 24.6 Å². The lowest BCUT2D eigenvalue weighted by Crippen LogP contribution is -1.99. The summed E-state index contributed by atoms with van der Waals surface area (Å²) in [5.74, 6) is 1.85. The van der Waals surface area contributed by atoms with Gasteiger partial charge in [0.15, 0.2) is 5.16 Å². The van der Waals surface area contributed by atoms with Crippen LogP contribution in [-0.4, -0.2) is 20.7 Å². The summed E-state index contributed by atoms with van der Waals surface area (Å²) in [4.78, 5) is 11.7. The summed E-state index contributed by atoms with van der Waals surface area (Å²) in [6.45, 7) is 0. The molecular formula is C9H11Cl2N3S. The molecule has 0 atom stereocenters. The molecule has 1 saturated carbocycles. The fourth-order valence-corrected chi connectivity index (χ4v) is 3.23. The molecule has 1 aliphatic carbocycles. The van der Waals surface area contributed by atoms with Crippen molar-refractivity contribution in [3.63, 3.8) is 0 Å². The Morgan fingerprint density at radius 3 is 2.27 bits per heavy atom. The van der Waals surface area contributed by atoms with Crippen molar-refractivity contribution in [2.45, 2.75) is 30.8 Å². The van der Waals surface area contributed by atoms with Gasteiger partial charge in [-0.05, 0) is 42.0 Å². The number of rotatable bonds is 3. The summed E-state index contributed by atoms with van der Waals surface area (Å²) in [7, 11) is 0. The summed E-state index contributed by atoms with van der Waals surface area (Å²) in [5.41, 5.74) is 0. The molecule has 2 rings (SSSR count). The first kappa shape index (κ1) is 11.4. The Morgan fingerprint density at radius 1 is 1.07 bits per heavy atom. The topological polar surface area (TPSA) is 38.7 Å². The minimum atomic E-state index is 0.170. The van der Waals surface area contributed by atoms with Gasteiger partial charge >= 0.3 is 0 Å². The molecule has 82 valence electrons. The van der Waals surface area contributed by atoms with Crippen LogP contribution in [0.5, 0.6) is 0 Å². The lowest BCUT2D eigenvalue weighted by Gasteiger charge is -2.06. The van der Waals surface area contributed by atoms with Crippen LogP contribution in [0, 0.1) is 5.92 Å². The first-order valence-electron chi connectivity index (χ1n) is 4.94. The van der Waals surface area contributed by atoms with E-state index in [2.05, 4.69) is 15.0 Å². The van der Waals surface area contributed by atoms with E-state index < -0.39 is 0 Å². The highest BCUT2D eigenvalue weighted by Crippen LogP contribution is 2.30. The highest BCUT2D eigenvalue weighted by atomic mass is 35.5. The SMILES string of the molecule is Clc1nc(Cl)nc(SCC2CCCC2)n1. The molecule has 0 radical (unpaired) electrons. The summed E-state index contributed by atoms with van der Waals surface area (Å²) in [6.07, 6.45) is 5.34. The van der Waals surface area contributed by atoms with Gasteiger partial charge in [0.05, 0.1) is 0 Å². The van der Waals surface area contributed by atoms with Crippen LogP contribution in [0.25, 0.3) is 0 Å². The minimum Gasteiger partial charge on any atom is -0.192 e. The molecule has 0 spiro atoms. The monoisotopic (exact) mass is 263 g/mol. The van der Waals surface area contributed by atoms with Crippen LogP contribution < -0.4 is 0 Å². The van der Waals surface area contributed by atoms with Crippen LogP contribution in [0.15, 0.2) is 5.16 Å². The van der Waals surface area contributed by atoms with E-state index in [9.17, 15) is 0 Å². The Hall–Kier alpha value is -0.0600. The number of aromatic nitrogens is 3. The van der Waals surface area contributed by atoms with Gasteiger partial charge in [0, 0.05) is 5.75 Å². The molecule has 1 aliphatic rings. The summed E-state index contributed by atoms with van der Waals surface area (Å²) < 4.78 is 0. The molecule has 1 heterocycles. The van der Waals surface area contributed by atoms with Crippen LogP contribution in [0.2, 0.25) is 10.6 Å². The maximum atomic E-state index is 5.69. The first-order chi connectivity index (χ1) is 7.24. The molecule has 1 fully saturated rings. The number of hydrogen-bond donors (Lipinski definition) is 0. The predicted octanol–water partition coefficient (Wildman–Crippen LogP) is 3.46. The standard InChI is InChI=1S/C9H11Cl2N3S/c10-7-12-8(11)14-9(13-7)15-5-6-3-1-2-4-6/h6H,1-5H2. The predicted molar refractivity (Wildman–Crippen MR) is 62.5 cm³/mol. The van der Waals surface area contributed by atoms with Crippen LogP contribution in [0.3, 0.4) is 0 Å². The lowest BCUT2D eigenvalue weighted by molar-refractivity contribution is 0.622. The molecule has 1 aromatic rings. The Kier molecular flexibility index (Phi) is 4.05. The third-order valence-electron chi connectivity index (χ3n) is 2.48. The molecule has 0 amide bonds. The normalized spacial score (nSPS) is 17.2. The van der Waals surface area contributed by atoms with E-state index >= 15 is 0 Å². The molecular weight excluding hydrogens is 253 g/mol. The fraction of sp³-hybridized carbons (Fsp3) is 0.667. The zero-order valence-corrected chi connectivity index (χ0v) is 10.4. The molecule has 1 aromatic heterocycles. The third-order valence-corrected chi connectivity index (χ3v) is 3.90. The first-order valence-corrected chi connectivity index (χ1v) is 6.68. The van der Waals surface area contributed by atoms with E-state index in [1.54, 1.807) is 11.8 Å². The summed E-state index contributed by atoms with van der Waals surface area (Å²) in [6, 6.07) is 0. The molecule has 0 saturated heterocycles. The molecule has 0 N–H and O–H groups in total. The van der Waals surface area contributed by atoms with Gasteiger partial charge in [-0.3, -0.25) is 0 Å². The summed E-state index contributed by atoms with van der Waals surface area (Å²) >= 11 is 13.0. The highest BCUT2D eigenvalue weighted by molar-refractivity contribution is 7.99. The molecule has 15 heavy (non-hydrogen) atoms. The number of hydrogen-bond acceptors (Lipinski definition) is 4. The Balaban J connectivity index is 1.92. The second kappa shape index (κ2) is 5.32. The summed E-state index contributed by atoms with van der Waals surface area (Å²) in [5, 5.41) is 0.972. The average Bonchev–Trinajstić information content (AvgIpc) is 2.65. The van der Waals surface area contributed by atoms with Crippen molar-refractivity contribution in [1.29, 1.82) is 0 Å². The quantitative estimate of drug-likeness (QED) is 0.783. The van der Waals surface area contributed by atoms with Gasteiger partial charge in [-0.2, -0.15) is 15.0 Å². The van der Waals surface area contributed by atoms with Crippen molar-refractivity contribution in [3.05, 3.63) is 10.6 Å². The molecule has 0 aliphatic heterocycles. The zero-order chi connectivity index (χ0) is 10.7. The molecule has 3 nitrogen and oxygen atoms in total. The van der Waals surface area contributed by atoms with Gasteiger partial charge in [0.1, 0.15) is 0 Å². The van der Waals surface area contributed by atoms with Crippen LogP contribution in [0.1, 0.15) is 25.7 Å². The highest BCUT2D eigenvalue weighted by Gasteiger charge is 2.16. The van der Waals surface area contributed by atoms with Gasteiger partial charge in [0.2, 0.25) is 10.6 Å². The van der Waals surface area contributed by atoms with Crippen molar-refractivity contribution < 1.29 is 0 Å². The van der Waals surface area contributed by atoms with Crippen molar-refractivity contribution in [3.8, 4) is 0 Å². The number of nitrogens with zero attached hydrogens (tertiary/aromatic N) is 3. The third kappa shape index (κ3) is 3.47. The number of thioether (sulfide) groups is 1. The maximum absolute atomic E-state index is 5.69. The van der Waals surface area contributed by atoms with Crippen molar-refractivity contribution >= 4 is 35.0 Å². The van der Waals surface area contributed by atoms with Gasteiger partial charge in [-0.15, -0.1) is 0 Å². The Labute approximate surface area is 103 Å². The molecule has 0 unspecified atom stereocenters. The molecule has 0 aromatic carbocycles. The van der Waals surface area contributed by atoms with Crippen molar-refractivity contribution in [2.75, 3.05) is 5.75 Å². The van der Waals surface area contributed by atoms with E-state index in [1.807, 2.05) is 0 Å². The largest absolute Gasteiger partial charge is 0.227 e. The van der Waals surface area contributed by atoms with E-state index in [0.717, 1.165) is 11.7 Å². The van der Waals surface area contributed by atoms with Crippen molar-refractivity contribution in [2.24, 2.45) is 5.92 Å². The molecule has 0 bridgehead atoms. The van der Waals surface area contributed by atoms with E-state index in [0.29, 0.717) is 5.16 Å². The maximum Gasteiger partial charge on any atom is 0.227 e. The second-order valence-corrected chi connectivity index (χ2v) is 5.28. The fourth-order valence-electron chi connectivity index (χ4n) is 1.74. The van der Waals surface area contributed by atoms with Gasteiger partial charge in [0.25, 0.3) is 0 Å². The second-order valence-electron chi connectivity index (χ2n) is 3.62. The smallest absolute Gasteiger partial charge is 0.192 e. The van der Waals surface area contributed by atoms with Gasteiger partial charge < -0.3 is 0 Å². The molecule has 6 heteroatoms. The number of halogens is 2. The van der Waals surface area contributed by atoms with E-state index in [-0.39, 0.29) is 10.6 Å². The van der Waals surface area contributed by atoms with Crippen LogP contribution in [0.4, 0.5) is 0 Å². The Morgan fingerprint density at radius 2 is 1.67 bits per heavy atom. The van der Waals surface area contributed by atoms with E-state index in [4.69, 9.17) is 23.2 Å². The van der Waals surface area contributed by atoms with Gasteiger partial charge in [-0.25, -0.2) is 0 Å². The lowest BCUT2D eigenvalue weighted by atomic mass is 10.1. The zero-order valence-electron chi connectivity index (χ0n) is 8.12. The minimum absolute atomic E-state index is 0.170. The Bertz CT molecular complexity index is 322.